The fourth-order valence-corrected chi connectivity index (χ4v) is 2.31. The molecule has 0 saturated carbocycles. The van der Waals surface area contributed by atoms with Gasteiger partial charge in [-0.25, -0.2) is 4.39 Å². The summed E-state index contributed by atoms with van der Waals surface area (Å²) in [4.78, 5) is 13.0. The molecule has 0 bridgehead atoms. The normalized spacial score (nSPS) is 21.4. The van der Waals surface area contributed by atoms with Gasteiger partial charge in [0.25, 0.3) is 0 Å². The van der Waals surface area contributed by atoms with Crippen molar-refractivity contribution in [3.05, 3.63) is 35.6 Å². The first-order valence-corrected chi connectivity index (χ1v) is 5.89. The summed E-state index contributed by atoms with van der Waals surface area (Å²) < 4.78 is 13.5. The molecule has 1 aliphatic heterocycles. The molecule has 1 N–H and O–H groups in total. The quantitative estimate of drug-likeness (QED) is 0.876. The van der Waals surface area contributed by atoms with Crippen molar-refractivity contribution in [2.24, 2.45) is 0 Å². The topological polar surface area (TPSA) is 40.5 Å². The molecule has 0 aliphatic carbocycles. The molecule has 0 aromatic heterocycles. The van der Waals surface area contributed by atoms with Gasteiger partial charge in [-0.2, -0.15) is 0 Å². The van der Waals surface area contributed by atoms with Gasteiger partial charge in [0.2, 0.25) is 0 Å². The van der Waals surface area contributed by atoms with Crippen LogP contribution < -0.4 is 0 Å². The highest BCUT2D eigenvalue weighted by molar-refractivity contribution is 5.73. The molecule has 1 aliphatic rings. The van der Waals surface area contributed by atoms with E-state index in [1.165, 1.54) is 6.07 Å². The van der Waals surface area contributed by atoms with E-state index in [1.54, 1.807) is 18.2 Å². The summed E-state index contributed by atoms with van der Waals surface area (Å²) in [7, 11) is 0. The summed E-state index contributed by atoms with van der Waals surface area (Å²) in [6, 6.07) is 6.07. The van der Waals surface area contributed by atoms with E-state index in [0.717, 1.165) is 19.4 Å². The van der Waals surface area contributed by atoms with Gasteiger partial charge in [0, 0.05) is 12.1 Å². The maximum Gasteiger partial charge on any atom is 0.320 e. The van der Waals surface area contributed by atoms with Gasteiger partial charge in [0.15, 0.2) is 0 Å². The van der Waals surface area contributed by atoms with E-state index in [1.807, 2.05) is 4.90 Å². The molecular formula is C13H16FNO2. The first-order chi connectivity index (χ1) is 8.18. The third-order valence-corrected chi connectivity index (χ3v) is 3.23. The zero-order valence-electron chi connectivity index (χ0n) is 9.60. The van der Waals surface area contributed by atoms with Crippen molar-refractivity contribution in [2.45, 2.75) is 31.8 Å². The van der Waals surface area contributed by atoms with Gasteiger partial charge in [0.1, 0.15) is 11.9 Å². The summed E-state index contributed by atoms with van der Waals surface area (Å²) in [6.07, 6.45) is 2.58. The zero-order chi connectivity index (χ0) is 12.3. The summed E-state index contributed by atoms with van der Waals surface area (Å²) in [5.41, 5.74) is 0.570. The van der Waals surface area contributed by atoms with Crippen molar-refractivity contribution in [1.82, 2.24) is 4.90 Å². The molecule has 17 heavy (non-hydrogen) atoms. The second-order valence-corrected chi connectivity index (χ2v) is 4.41. The minimum Gasteiger partial charge on any atom is -0.480 e. The molecule has 0 spiro atoms. The van der Waals surface area contributed by atoms with E-state index in [-0.39, 0.29) is 5.82 Å². The highest BCUT2D eigenvalue weighted by atomic mass is 19.1. The molecule has 1 atom stereocenters. The Balaban J connectivity index is 2.11. The van der Waals surface area contributed by atoms with Crippen molar-refractivity contribution < 1.29 is 14.3 Å². The molecule has 0 amide bonds. The Labute approximate surface area is 99.9 Å². The van der Waals surface area contributed by atoms with Crippen molar-refractivity contribution >= 4 is 5.97 Å². The van der Waals surface area contributed by atoms with E-state index < -0.39 is 12.0 Å². The molecule has 92 valence electrons. The minimum absolute atomic E-state index is 0.262. The second kappa shape index (κ2) is 5.27. The lowest BCUT2D eigenvalue weighted by Crippen LogP contribution is -2.44. The van der Waals surface area contributed by atoms with Gasteiger partial charge in [0.05, 0.1) is 0 Å². The molecule has 1 aromatic carbocycles. The standard InChI is InChI=1S/C13H16FNO2/c14-11-6-2-1-5-10(11)9-15-8-4-3-7-12(15)13(16)17/h1-2,5-6,12H,3-4,7-9H2,(H,16,17). The fourth-order valence-electron chi connectivity index (χ4n) is 2.31. The summed E-state index contributed by atoms with van der Waals surface area (Å²) in [5.74, 6) is -1.07. The Bertz CT molecular complexity index is 408. The van der Waals surface area contributed by atoms with Gasteiger partial charge >= 0.3 is 5.97 Å². The number of rotatable bonds is 3. The van der Waals surface area contributed by atoms with Crippen molar-refractivity contribution in [1.29, 1.82) is 0 Å². The maximum absolute atomic E-state index is 13.5. The van der Waals surface area contributed by atoms with E-state index in [2.05, 4.69) is 0 Å². The van der Waals surface area contributed by atoms with Crippen LogP contribution in [-0.2, 0) is 11.3 Å². The molecule has 2 rings (SSSR count). The van der Waals surface area contributed by atoms with Gasteiger partial charge in [-0.1, -0.05) is 24.6 Å². The van der Waals surface area contributed by atoms with Crippen LogP contribution in [0, 0.1) is 5.82 Å². The van der Waals surface area contributed by atoms with Crippen LogP contribution >= 0.6 is 0 Å². The molecule has 3 nitrogen and oxygen atoms in total. The van der Waals surface area contributed by atoms with Crippen LogP contribution in [0.2, 0.25) is 0 Å². The average molecular weight is 237 g/mol. The van der Waals surface area contributed by atoms with Gasteiger partial charge in [-0.05, 0) is 25.5 Å². The number of halogens is 1. The molecule has 1 aromatic rings. The number of carbonyl (C=O) groups is 1. The first kappa shape index (κ1) is 12.0. The van der Waals surface area contributed by atoms with Gasteiger partial charge in [-0.15, -0.1) is 0 Å². The number of aliphatic carboxylic acids is 1. The Hall–Kier alpha value is -1.42. The van der Waals surface area contributed by atoms with Crippen LogP contribution in [0.25, 0.3) is 0 Å². The molecule has 1 saturated heterocycles. The number of likely N-dealkylation sites (tertiary alicyclic amines) is 1. The largest absolute Gasteiger partial charge is 0.480 e. The Morgan fingerprint density at radius 1 is 1.41 bits per heavy atom. The number of hydrogen-bond donors (Lipinski definition) is 1. The lowest BCUT2D eigenvalue weighted by atomic mass is 10.0. The highest BCUT2D eigenvalue weighted by Gasteiger charge is 2.28. The first-order valence-electron chi connectivity index (χ1n) is 5.89. The number of benzene rings is 1. The minimum atomic E-state index is -0.805. The highest BCUT2D eigenvalue weighted by Crippen LogP contribution is 2.20. The van der Waals surface area contributed by atoms with E-state index in [9.17, 15) is 9.18 Å². The Morgan fingerprint density at radius 3 is 2.88 bits per heavy atom. The number of carboxylic acid groups (broad SMARTS) is 1. The van der Waals surface area contributed by atoms with Gasteiger partial charge < -0.3 is 5.11 Å². The summed E-state index contributed by atoms with van der Waals surface area (Å²) >= 11 is 0. The summed E-state index contributed by atoms with van der Waals surface area (Å²) in [6.45, 7) is 1.11. The fraction of sp³-hybridized carbons (Fsp3) is 0.462. The average Bonchev–Trinajstić information content (AvgIpc) is 2.32. The van der Waals surface area contributed by atoms with Crippen molar-refractivity contribution in [3.8, 4) is 0 Å². The molecule has 4 heteroatoms. The third kappa shape index (κ3) is 2.82. The molecule has 1 fully saturated rings. The Morgan fingerprint density at radius 2 is 2.18 bits per heavy atom. The van der Waals surface area contributed by atoms with E-state index in [0.29, 0.717) is 18.5 Å². The predicted molar refractivity (Wildman–Crippen MR) is 62.1 cm³/mol. The van der Waals surface area contributed by atoms with Crippen molar-refractivity contribution in [3.63, 3.8) is 0 Å². The summed E-state index contributed by atoms with van der Waals surface area (Å²) in [5, 5.41) is 9.12. The van der Waals surface area contributed by atoms with E-state index >= 15 is 0 Å². The zero-order valence-corrected chi connectivity index (χ0v) is 9.60. The lowest BCUT2D eigenvalue weighted by molar-refractivity contribution is -0.144. The molecule has 0 radical (unpaired) electrons. The number of nitrogens with zero attached hydrogens (tertiary/aromatic N) is 1. The smallest absolute Gasteiger partial charge is 0.320 e. The van der Waals surface area contributed by atoms with Gasteiger partial charge in [-0.3, -0.25) is 9.69 Å². The number of piperidine rings is 1. The van der Waals surface area contributed by atoms with E-state index in [4.69, 9.17) is 5.11 Å². The Kier molecular flexibility index (Phi) is 3.74. The number of hydrogen-bond acceptors (Lipinski definition) is 2. The molecule has 1 heterocycles. The van der Waals surface area contributed by atoms with Crippen LogP contribution in [0.15, 0.2) is 24.3 Å². The second-order valence-electron chi connectivity index (χ2n) is 4.41. The van der Waals surface area contributed by atoms with Crippen LogP contribution in [-0.4, -0.2) is 28.6 Å². The molecular weight excluding hydrogens is 221 g/mol. The van der Waals surface area contributed by atoms with Crippen LogP contribution in [0.1, 0.15) is 24.8 Å². The number of carboxylic acids is 1. The van der Waals surface area contributed by atoms with Crippen LogP contribution in [0.3, 0.4) is 0 Å². The predicted octanol–water partition coefficient (Wildman–Crippen LogP) is 2.26. The monoisotopic (exact) mass is 237 g/mol. The molecule has 1 unspecified atom stereocenters. The lowest BCUT2D eigenvalue weighted by Gasteiger charge is -2.32. The third-order valence-electron chi connectivity index (χ3n) is 3.23. The van der Waals surface area contributed by atoms with Crippen molar-refractivity contribution in [2.75, 3.05) is 6.54 Å². The maximum atomic E-state index is 13.5. The SMILES string of the molecule is O=C(O)C1CCCCN1Cc1ccccc1F. The van der Waals surface area contributed by atoms with Crippen LogP contribution in [0.5, 0.6) is 0 Å². The van der Waals surface area contributed by atoms with Crippen LogP contribution in [0.4, 0.5) is 4.39 Å².